The highest BCUT2D eigenvalue weighted by atomic mass is 32.2. The number of hydrogen-bond acceptors (Lipinski definition) is 4. The van der Waals surface area contributed by atoms with Crippen LogP contribution in [0.1, 0.15) is 18.4 Å². The van der Waals surface area contributed by atoms with Crippen molar-refractivity contribution in [2.75, 3.05) is 36.1 Å². The molecule has 2 rings (SSSR count). The van der Waals surface area contributed by atoms with Crippen LogP contribution in [0.2, 0.25) is 0 Å². The molecule has 1 saturated heterocycles. The van der Waals surface area contributed by atoms with E-state index in [9.17, 15) is 8.42 Å². The number of hydrogen-bond donors (Lipinski definition) is 2. The van der Waals surface area contributed by atoms with E-state index in [1.165, 1.54) is 0 Å². The summed E-state index contributed by atoms with van der Waals surface area (Å²) in [4.78, 5) is 0. The zero-order valence-electron chi connectivity index (χ0n) is 12.0. The molecule has 0 saturated carbocycles. The molecule has 1 aromatic carbocycles. The molecule has 1 heterocycles. The Hall–Kier alpha value is -1.27. The van der Waals surface area contributed by atoms with Crippen molar-refractivity contribution in [3.63, 3.8) is 0 Å². The smallest absolute Gasteiger partial charge is 0.229 e. The molecule has 0 radical (unpaired) electrons. The van der Waals surface area contributed by atoms with Crippen molar-refractivity contribution in [3.05, 3.63) is 23.8 Å². The molecule has 0 amide bonds. The second-order valence-corrected chi connectivity index (χ2v) is 7.10. The first kappa shape index (κ1) is 15.1. The van der Waals surface area contributed by atoms with Gasteiger partial charge in [0.2, 0.25) is 10.0 Å². The summed E-state index contributed by atoms with van der Waals surface area (Å²) < 4.78 is 30.5. The number of benzene rings is 1. The monoisotopic (exact) mass is 298 g/mol. The third-order valence-electron chi connectivity index (χ3n) is 3.44. The maximum absolute atomic E-state index is 11.3. The van der Waals surface area contributed by atoms with Crippen molar-refractivity contribution < 1.29 is 13.2 Å². The Morgan fingerprint density at radius 1 is 1.40 bits per heavy atom. The van der Waals surface area contributed by atoms with E-state index >= 15 is 0 Å². The SMILES string of the molecule is Cc1ccc(NCCC2CCOC2)cc1NS(C)(=O)=O. The van der Waals surface area contributed by atoms with Crippen LogP contribution in [-0.4, -0.2) is 34.4 Å². The Morgan fingerprint density at radius 2 is 2.20 bits per heavy atom. The Labute approximate surface area is 120 Å². The van der Waals surface area contributed by atoms with E-state index in [0.29, 0.717) is 11.6 Å². The van der Waals surface area contributed by atoms with Gasteiger partial charge < -0.3 is 10.1 Å². The molecule has 1 atom stereocenters. The fraction of sp³-hybridized carbons (Fsp3) is 0.571. The summed E-state index contributed by atoms with van der Waals surface area (Å²) in [5, 5.41) is 3.33. The van der Waals surface area contributed by atoms with E-state index in [4.69, 9.17) is 4.74 Å². The summed E-state index contributed by atoms with van der Waals surface area (Å²) in [5.41, 5.74) is 2.47. The third kappa shape index (κ3) is 4.68. The molecule has 2 N–H and O–H groups in total. The molecular weight excluding hydrogens is 276 g/mol. The van der Waals surface area contributed by atoms with E-state index < -0.39 is 10.0 Å². The molecule has 1 unspecified atom stereocenters. The van der Waals surface area contributed by atoms with Crippen LogP contribution >= 0.6 is 0 Å². The van der Waals surface area contributed by atoms with Crippen LogP contribution in [0.25, 0.3) is 0 Å². The van der Waals surface area contributed by atoms with E-state index in [1.807, 2.05) is 25.1 Å². The van der Waals surface area contributed by atoms with Gasteiger partial charge in [-0.3, -0.25) is 4.72 Å². The molecule has 20 heavy (non-hydrogen) atoms. The maximum Gasteiger partial charge on any atom is 0.229 e. The highest BCUT2D eigenvalue weighted by molar-refractivity contribution is 7.92. The van der Waals surface area contributed by atoms with Gasteiger partial charge in [-0.1, -0.05) is 6.07 Å². The first-order valence-electron chi connectivity index (χ1n) is 6.84. The number of anilines is 2. The van der Waals surface area contributed by atoms with Gasteiger partial charge in [-0.05, 0) is 43.4 Å². The summed E-state index contributed by atoms with van der Waals surface area (Å²) in [6, 6.07) is 5.71. The van der Waals surface area contributed by atoms with Crippen LogP contribution in [0, 0.1) is 12.8 Å². The van der Waals surface area contributed by atoms with Crippen molar-refractivity contribution in [2.45, 2.75) is 19.8 Å². The van der Waals surface area contributed by atoms with E-state index in [2.05, 4.69) is 10.0 Å². The average molecular weight is 298 g/mol. The van der Waals surface area contributed by atoms with Gasteiger partial charge in [0.1, 0.15) is 0 Å². The summed E-state index contributed by atoms with van der Waals surface area (Å²) in [5.74, 6) is 0.640. The lowest BCUT2D eigenvalue weighted by Crippen LogP contribution is -2.12. The Balaban J connectivity index is 1.92. The van der Waals surface area contributed by atoms with Crippen LogP contribution in [0.5, 0.6) is 0 Å². The molecule has 1 aromatic rings. The predicted molar refractivity (Wildman–Crippen MR) is 81.7 cm³/mol. The molecule has 0 spiro atoms. The quantitative estimate of drug-likeness (QED) is 0.845. The standard InChI is InChI=1S/C14H22N2O3S/c1-11-3-4-13(9-14(11)16-20(2,17)18)15-7-5-12-6-8-19-10-12/h3-4,9,12,15-16H,5-8,10H2,1-2H3. The lowest BCUT2D eigenvalue weighted by atomic mass is 10.1. The molecule has 1 fully saturated rings. The highest BCUT2D eigenvalue weighted by Gasteiger charge is 2.14. The largest absolute Gasteiger partial charge is 0.385 e. The highest BCUT2D eigenvalue weighted by Crippen LogP contribution is 2.22. The van der Waals surface area contributed by atoms with Crippen LogP contribution in [-0.2, 0) is 14.8 Å². The van der Waals surface area contributed by atoms with Crippen molar-refractivity contribution in [2.24, 2.45) is 5.92 Å². The van der Waals surface area contributed by atoms with Crippen LogP contribution < -0.4 is 10.0 Å². The van der Waals surface area contributed by atoms with Gasteiger partial charge in [0.05, 0.1) is 11.9 Å². The van der Waals surface area contributed by atoms with Gasteiger partial charge in [0, 0.05) is 25.4 Å². The zero-order chi connectivity index (χ0) is 14.6. The van der Waals surface area contributed by atoms with Gasteiger partial charge in [0.25, 0.3) is 0 Å². The molecule has 1 aliphatic rings. The van der Waals surface area contributed by atoms with Crippen LogP contribution in [0.4, 0.5) is 11.4 Å². The van der Waals surface area contributed by atoms with Crippen molar-refractivity contribution >= 4 is 21.4 Å². The van der Waals surface area contributed by atoms with E-state index in [-0.39, 0.29) is 0 Å². The van der Waals surface area contributed by atoms with Crippen molar-refractivity contribution in [3.8, 4) is 0 Å². The second kappa shape index (κ2) is 6.45. The predicted octanol–water partition coefficient (Wildman–Crippen LogP) is 2.21. The second-order valence-electron chi connectivity index (χ2n) is 5.35. The lowest BCUT2D eigenvalue weighted by molar-refractivity contribution is 0.185. The molecule has 0 bridgehead atoms. The van der Waals surface area contributed by atoms with Gasteiger partial charge in [-0.2, -0.15) is 0 Å². The summed E-state index contributed by atoms with van der Waals surface area (Å²) in [7, 11) is -3.24. The zero-order valence-corrected chi connectivity index (χ0v) is 12.8. The Bertz CT molecular complexity index is 552. The van der Waals surface area contributed by atoms with Gasteiger partial charge in [-0.25, -0.2) is 8.42 Å². The van der Waals surface area contributed by atoms with Crippen LogP contribution in [0.3, 0.4) is 0 Å². The van der Waals surface area contributed by atoms with E-state index in [0.717, 1.165) is 50.1 Å². The number of ether oxygens (including phenoxy) is 1. The van der Waals surface area contributed by atoms with Gasteiger partial charge >= 0.3 is 0 Å². The lowest BCUT2D eigenvalue weighted by Gasteiger charge is -2.13. The molecule has 6 heteroatoms. The number of nitrogens with one attached hydrogen (secondary N) is 2. The first-order chi connectivity index (χ1) is 9.44. The Morgan fingerprint density at radius 3 is 2.85 bits per heavy atom. The molecule has 0 aromatic heterocycles. The number of sulfonamides is 1. The van der Waals surface area contributed by atoms with Gasteiger partial charge in [-0.15, -0.1) is 0 Å². The van der Waals surface area contributed by atoms with Gasteiger partial charge in [0.15, 0.2) is 0 Å². The topological polar surface area (TPSA) is 67.4 Å². The fourth-order valence-electron chi connectivity index (χ4n) is 2.27. The number of aryl methyl sites for hydroxylation is 1. The minimum Gasteiger partial charge on any atom is -0.385 e. The number of rotatable bonds is 6. The summed E-state index contributed by atoms with van der Waals surface area (Å²) in [6.07, 6.45) is 3.37. The average Bonchev–Trinajstić information content (AvgIpc) is 2.84. The van der Waals surface area contributed by atoms with Crippen molar-refractivity contribution in [1.29, 1.82) is 0 Å². The molecule has 112 valence electrons. The maximum atomic E-state index is 11.3. The third-order valence-corrected chi connectivity index (χ3v) is 4.03. The molecular formula is C14H22N2O3S. The van der Waals surface area contributed by atoms with E-state index in [1.54, 1.807) is 0 Å². The minimum atomic E-state index is -3.24. The fourth-order valence-corrected chi connectivity index (χ4v) is 2.89. The molecule has 5 nitrogen and oxygen atoms in total. The first-order valence-corrected chi connectivity index (χ1v) is 8.73. The molecule has 0 aliphatic carbocycles. The minimum absolute atomic E-state index is 0.627. The summed E-state index contributed by atoms with van der Waals surface area (Å²) in [6.45, 7) is 4.48. The normalized spacial score (nSPS) is 19.0. The van der Waals surface area contributed by atoms with Crippen molar-refractivity contribution in [1.82, 2.24) is 0 Å². The Kier molecular flexibility index (Phi) is 4.88. The molecule has 1 aliphatic heterocycles. The van der Waals surface area contributed by atoms with Crippen LogP contribution in [0.15, 0.2) is 18.2 Å². The summed E-state index contributed by atoms with van der Waals surface area (Å²) >= 11 is 0.